The van der Waals surface area contributed by atoms with E-state index in [9.17, 15) is 19.3 Å². The van der Waals surface area contributed by atoms with Crippen molar-refractivity contribution >= 4 is 17.3 Å². The number of carbonyl (C=O) groups is 1. The van der Waals surface area contributed by atoms with E-state index in [1.165, 1.54) is 13.2 Å². The number of nitrogens with one attached hydrogen (secondary N) is 2. The number of nitro benzene ring substituents is 1. The fourth-order valence-electron chi connectivity index (χ4n) is 2.29. The predicted molar refractivity (Wildman–Crippen MR) is 77.5 cm³/mol. The van der Waals surface area contributed by atoms with Crippen molar-refractivity contribution in [3.63, 3.8) is 0 Å². The van der Waals surface area contributed by atoms with Gasteiger partial charge in [-0.3, -0.25) is 19.8 Å². The molecule has 0 aromatic heterocycles. The number of methoxy groups -OCH3 is 1. The van der Waals surface area contributed by atoms with Crippen molar-refractivity contribution in [2.24, 2.45) is 0 Å². The molecular weight excluding hydrogens is 295 g/mol. The van der Waals surface area contributed by atoms with Gasteiger partial charge >= 0.3 is 5.69 Å². The Morgan fingerprint density at radius 1 is 1.55 bits per heavy atom. The molecule has 22 heavy (non-hydrogen) atoms. The minimum absolute atomic E-state index is 0.00830. The number of carbonyl (C=O) groups excluding carboxylic acids is 1. The zero-order chi connectivity index (χ0) is 16.1. The van der Waals surface area contributed by atoms with E-state index < -0.39 is 16.4 Å². The summed E-state index contributed by atoms with van der Waals surface area (Å²) in [7, 11) is 1.36. The lowest BCUT2D eigenvalue weighted by Crippen LogP contribution is -2.48. The second-order valence-electron chi connectivity index (χ2n) is 4.78. The van der Waals surface area contributed by atoms with Gasteiger partial charge in [0.1, 0.15) is 5.75 Å². The average Bonchev–Trinajstić information content (AvgIpc) is 2.47. The van der Waals surface area contributed by atoms with Crippen LogP contribution in [-0.4, -0.2) is 55.6 Å². The number of halogens is 1. The molecule has 1 aromatic carbocycles. The molecule has 0 spiro atoms. The fraction of sp³-hybridized carbons (Fsp3) is 0.462. The summed E-state index contributed by atoms with van der Waals surface area (Å²) >= 11 is 0. The largest absolute Gasteiger partial charge is 0.494 e. The van der Waals surface area contributed by atoms with Gasteiger partial charge in [0.25, 0.3) is 0 Å². The SMILES string of the molecule is COc1ccc(F)c([N+](=O)[O-])c1NCCN1CCNC(=O)C1. The van der Waals surface area contributed by atoms with Gasteiger partial charge in [-0.2, -0.15) is 4.39 Å². The molecule has 1 heterocycles. The van der Waals surface area contributed by atoms with Gasteiger partial charge in [-0.15, -0.1) is 0 Å². The summed E-state index contributed by atoms with van der Waals surface area (Å²) in [5.74, 6) is -0.782. The van der Waals surface area contributed by atoms with E-state index in [-0.39, 0.29) is 23.9 Å². The molecule has 0 bridgehead atoms. The standard InChI is InChI=1S/C13H17FN4O4/c1-22-10-3-2-9(14)13(18(20)21)12(10)16-5-7-17-6-4-15-11(19)8-17/h2-3,16H,4-8H2,1H3,(H,15,19). The van der Waals surface area contributed by atoms with Crippen molar-refractivity contribution in [1.82, 2.24) is 10.2 Å². The van der Waals surface area contributed by atoms with Crippen molar-refractivity contribution in [2.45, 2.75) is 0 Å². The number of anilines is 1. The lowest BCUT2D eigenvalue weighted by atomic mass is 10.2. The van der Waals surface area contributed by atoms with Gasteiger partial charge in [0.05, 0.1) is 18.6 Å². The molecule has 1 saturated heterocycles. The Hall–Kier alpha value is -2.42. The lowest BCUT2D eigenvalue weighted by molar-refractivity contribution is -0.386. The van der Waals surface area contributed by atoms with Crippen LogP contribution in [0.1, 0.15) is 0 Å². The highest BCUT2D eigenvalue weighted by Gasteiger charge is 2.24. The van der Waals surface area contributed by atoms with Crippen molar-refractivity contribution in [3.05, 3.63) is 28.1 Å². The van der Waals surface area contributed by atoms with Crippen molar-refractivity contribution in [1.29, 1.82) is 0 Å². The Kier molecular flexibility index (Phi) is 5.10. The molecule has 0 atom stereocenters. The Bertz CT molecular complexity index is 581. The predicted octanol–water partition coefficient (Wildman–Crippen LogP) is 0.586. The smallest absolute Gasteiger partial charge is 0.331 e. The highest BCUT2D eigenvalue weighted by Crippen LogP contribution is 2.36. The van der Waals surface area contributed by atoms with Crippen LogP contribution in [0.3, 0.4) is 0 Å². The summed E-state index contributed by atoms with van der Waals surface area (Å²) in [6.07, 6.45) is 0. The molecule has 2 N–H and O–H groups in total. The van der Waals surface area contributed by atoms with E-state index in [1.807, 2.05) is 4.90 Å². The van der Waals surface area contributed by atoms with Crippen LogP contribution in [0.25, 0.3) is 0 Å². The third-order valence-corrected chi connectivity index (χ3v) is 3.34. The quantitative estimate of drug-likeness (QED) is 0.589. The van der Waals surface area contributed by atoms with E-state index in [1.54, 1.807) is 0 Å². The molecule has 1 aromatic rings. The molecule has 1 aliphatic heterocycles. The van der Waals surface area contributed by atoms with Crippen LogP contribution in [0.2, 0.25) is 0 Å². The maximum atomic E-state index is 13.6. The number of nitrogens with zero attached hydrogens (tertiary/aromatic N) is 2. The normalized spacial score (nSPS) is 15.3. The lowest BCUT2D eigenvalue weighted by Gasteiger charge is -2.26. The van der Waals surface area contributed by atoms with Gasteiger partial charge in [-0.1, -0.05) is 0 Å². The molecule has 2 rings (SSSR count). The van der Waals surface area contributed by atoms with E-state index in [0.717, 1.165) is 6.07 Å². The molecule has 120 valence electrons. The topological polar surface area (TPSA) is 96.7 Å². The van der Waals surface area contributed by atoms with Crippen molar-refractivity contribution < 1.29 is 18.8 Å². The van der Waals surface area contributed by atoms with Crippen LogP contribution < -0.4 is 15.4 Å². The molecule has 1 fully saturated rings. The van der Waals surface area contributed by atoms with E-state index >= 15 is 0 Å². The first-order valence-electron chi connectivity index (χ1n) is 6.76. The third kappa shape index (κ3) is 3.61. The summed E-state index contributed by atoms with van der Waals surface area (Å²) in [6.45, 7) is 2.39. The Morgan fingerprint density at radius 2 is 2.32 bits per heavy atom. The van der Waals surface area contributed by atoms with Gasteiger partial charge in [-0.05, 0) is 12.1 Å². The summed E-state index contributed by atoms with van der Waals surface area (Å²) < 4.78 is 18.7. The zero-order valence-electron chi connectivity index (χ0n) is 12.1. The number of amides is 1. The number of hydrogen-bond donors (Lipinski definition) is 2. The first-order valence-corrected chi connectivity index (χ1v) is 6.76. The third-order valence-electron chi connectivity index (χ3n) is 3.34. The number of benzene rings is 1. The average molecular weight is 312 g/mol. The van der Waals surface area contributed by atoms with E-state index in [0.29, 0.717) is 26.2 Å². The van der Waals surface area contributed by atoms with Crippen molar-refractivity contribution in [3.8, 4) is 5.75 Å². The number of ether oxygens (including phenoxy) is 1. The molecule has 9 heteroatoms. The first kappa shape index (κ1) is 16.0. The number of rotatable bonds is 6. The minimum Gasteiger partial charge on any atom is -0.494 e. The second-order valence-corrected chi connectivity index (χ2v) is 4.78. The molecule has 0 radical (unpaired) electrons. The zero-order valence-corrected chi connectivity index (χ0v) is 12.1. The number of piperazine rings is 1. The maximum Gasteiger partial charge on any atom is 0.331 e. The number of hydrogen-bond acceptors (Lipinski definition) is 6. The van der Waals surface area contributed by atoms with Gasteiger partial charge in [0.2, 0.25) is 11.7 Å². The van der Waals surface area contributed by atoms with Gasteiger partial charge in [0.15, 0.2) is 5.69 Å². The molecule has 0 saturated carbocycles. The van der Waals surface area contributed by atoms with Crippen LogP contribution in [0, 0.1) is 15.9 Å². The molecule has 8 nitrogen and oxygen atoms in total. The van der Waals surface area contributed by atoms with E-state index in [2.05, 4.69) is 10.6 Å². The molecule has 1 amide bonds. The number of nitro groups is 1. The fourth-order valence-corrected chi connectivity index (χ4v) is 2.29. The summed E-state index contributed by atoms with van der Waals surface area (Å²) in [4.78, 5) is 23.4. The monoisotopic (exact) mass is 312 g/mol. The molecular formula is C13H17FN4O4. The Morgan fingerprint density at radius 3 is 2.95 bits per heavy atom. The van der Waals surface area contributed by atoms with Crippen LogP contribution in [0.5, 0.6) is 5.75 Å². The Balaban J connectivity index is 2.06. The molecule has 1 aliphatic rings. The maximum absolute atomic E-state index is 13.6. The highest BCUT2D eigenvalue weighted by atomic mass is 19.1. The highest BCUT2D eigenvalue weighted by molar-refractivity contribution is 5.78. The molecule has 0 unspecified atom stereocenters. The second kappa shape index (κ2) is 7.03. The molecule has 0 aliphatic carbocycles. The summed E-state index contributed by atoms with van der Waals surface area (Å²) in [6, 6.07) is 2.33. The van der Waals surface area contributed by atoms with Crippen molar-refractivity contribution in [2.75, 3.05) is 45.2 Å². The van der Waals surface area contributed by atoms with Gasteiger partial charge in [-0.25, -0.2) is 0 Å². The van der Waals surface area contributed by atoms with Gasteiger partial charge in [0, 0.05) is 26.2 Å². The van der Waals surface area contributed by atoms with E-state index in [4.69, 9.17) is 4.74 Å². The van der Waals surface area contributed by atoms with Gasteiger partial charge < -0.3 is 15.4 Å². The summed E-state index contributed by atoms with van der Waals surface area (Å²) in [5.41, 5.74) is -0.635. The van der Waals surface area contributed by atoms with Crippen LogP contribution >= 0.6 is 0 Å². The first-order chi connectivity index (χ1) is 10.5. The van der Waals surface area contributed by atoms with Crippen LogP contribution in [0.15, 0.2) is 12.1 Å². The minimum atomic E-state index is -0.925. The summed E-state index contributed by atoms with van der Waals surface area (Å²) in [5, 5.41) is 16.6. The Labute approximate surface area is 126 Å². The van der Waals surface area contributed by atoms with Crippen LogP contribution in [-0.2, 0) is 4.79 Å². The van der Waals surface area contributed by atoms with Crippen LogP contribution in [0.4, 0.5) is 15.8 Å².